The quantitative estimate of drug-likeness (QED) is 0.828. The zero-order chi connectivity index (χ0) is 15.1. The third-order valence-electron chi connectivity index (χ3n) is 3.25. The Balaban J connectivity index is 2.03. The summed E-state index contributed by atoms with van der Waals surface area (Å²) in [4.78, 5) is 0. The zero-order valence-electron chi connectivity index (χ0n) is 12.6. The SMILES string of the molecule is CC(C)NCC(OCc1ccccc1)c1ccc(F)cc1. The van der Waals surface area contributed by atoms with E-state index in [0.717, 1.165) is 11.1 Å². The topological polar surface area (TPSA) is 21.3 Å². The number of rotatable bonds is 7. The molecule has 2 nitrogen and oxygen atoms in total. The van der Waals surface area contributed by atoms with Gasteiger partial charge in [0.2, 0.25) is 0 Å². The molecule has 0 aliphatic rings. The highest BCUT2D eigenvalue weighted by molar-refractivity contribution is 5.19. The van der Waals surface area contributed by atoms with Crippen LogP contribution in [-0.2, 0) is 11.3 Å². The van der Waals surface area contributed by atoms with E-state index in [0.29, 0.717) is 19.2 Å². The van der Waals surface area contributed by atoms with Gasteiger partial charge in [0, 0.05) is 12.6 Å². The molecule has 112 valence electrons. The predicted octanol–water partition coefficient (Wildman–Crippen LogP) is 4.08. The van der Waals surface area contributed by atoms with Crippen molar-refractivity contribution in [2.24, 2.45) is 0 Å². The molecule has 0 aromatic heterocycles. The van der Waals surface area contributed by atoms with Crippen molar-refractivity contribution < 1.29 is 9.13 Å². The standard InChI is InChI=1S/C18H22FNO/c1-14(2)20-12-18(16-8-10-17(19)11-9-16)21-13-15-6-4-3-5-7-15/h3-11,14,18,20H,12-13H2,1-2H3. The molecule has 0 amide bonds. The monoisotopic (exact) mass is 287 g/mol. The van der Waals surface area contributed by atoms with Crippen LogP contribution in [0.4, 0.5) is 4.39 Å². The highest BCUT2D eigenvalue weighted by Crippen LogP contribution is 2.19. The van der Waals surface area contributed by atoms with Crippen molar-refractivity contribution in [3.05, 3.63) is 71.5 Å². The first-order valence-corrected chi connectivity index (χ1v) is 7.29. The molecule has 1 N–H and O–H groups in total. The zero-order valence-corrected chi connectivity index (χ0v) is 12.6. The molecular formula is C18H22FNO. The summed E-state index contributed by atoms with van der Waals surface area (Å²) >= 11 is 0. The van der Waals surface area contributed by atoms with Crippen molar-refractivity contribution in [2.45, 2.75) is 32.6 Å². The normalized spacial score (nSPS) is 12.6. The molecule has 3 heteroatoms. The van der Waals surface area contributed by atoms with E-state index in [1.54, 1.807) is 12.1 Å². The van der Waals surface area contributed by atoms with Crippen LogP contribution in [0.2, 0.25) is 0 Å². The lowest BCUT2D eigenvalue weighted by Crippen LogP contribution is -2.29. The van der Waals surface area contributed by atoms with Crippen molar-refractivity contribution in [2.75, 3.05) is 6.54 Å². The molecule has 0 spiro atoms. The molecule has 0 bridgehead atoms. The molecule has 0 saturated carbocycles. The van der Waals surface area contributed by atoms with Gasteiger partial charge in [0.25, 0.3) is 0 Å². The van der Waals surface area contributed by atoms with Gasteiger partial charge in [-0.2, -0.15) is 0 Å². The number of hydrogen-bond donors (Lipinski definition) is 1. The van der Waals surface area contributed by atoms with E-state index >= 15 is 0 Å². The van der Waals surface area contributed by atoms with Crippen molar-refractivity contribution in [1.29, 1.82) is 0 Å². The Morgan fingerprint density at radius 1 is 1.00 bits per heavy atom. The number of ether oxygens (including phenoxy) is 1. The summed E-state index contributed by atoms with van der Waals surface area (Å²) in [5.41, 5.74) is 2.12. The van der Waals surface area contributed by atoms with Crippen LogP contribution in [0, 0.1) is 5.82 Å². The molecule has 0 aliphatic heterocycles. The second-order valence-electron chi connectivity index (χ2n) is 5.40. The highest BCUT2D eigenvalue weighted by Gasteiger charge is 2.13. The van der Waals surface area contributed by atoms with Gasteiger partial charge in [-0.1, -0.05) is 56.3 Å². The smallest absolute Gasteiger partial charge is 0.123 e. The average Bonchev–Trinajstić information content (AvgIpc) is 2.49. The van der Waals surface area contributed by atoms with Crippen LogP contribution in [0.1, 0.15) is 31.1 Å². The van der Waals surface area contributed by atoms with Gasteiger partial charge in [-0.25, -0.2) is 4.39 Å². The molecule has 2 aromatic carbocycles. The van der Waals surface area contributed by atoms with Gasteiger partial charge in [0.05, 0.1) is 12.7 Å². The maximum absolute atomic E-state index is 13.1. The van der Waals surface area contributed by atoms with Crippen LogP contribution >= 0.6 is 0 Å². The lowest BCUT2D eigenvalue weighted by molar-refractivity contribution is 0.0385. The third kappa shape index (κ3) is 5.29. The van der Waals surface area contributed by atoms with Gasteiger partial charge in [-0.15, -0.1) is 0 Å². The van der Waals surface area contributed by atoms with E-state index in [1.807, 2.05) is 30.3 Å². The minimum Gasteiger partial charge on any atom is -0.368 e. The van der Waals surface area contributed by atoms with E-state index in [4.69, 9.17) is 4.74 Å². The van der Waals surface area contributed by atoms with Crippen molar-refractivity contribution in [1.82, 2.24) is 5.32 Å². The van der Waals surface area contributed by atoms with Gasteiger partial charge >= 0.3 is 0 Å². The minimum absolute atomic E-state index is 0.0896. The van der Waals surface area contributed by atoms with Crippen molar-refractivity contribution in [3.63, 3.8) is 0 Å². The van der Waals surface area contributed by atoms with E-state index in [1.165, 1.54) is 12.1 Å². The van der Waals surface area contributed by atoms with Crippen LogP contribution in [-0.4, -0.2) is 12.6 Å². The first-order valence-electron chi connectivity index (χ1n) is 7.29. The fraction of sp³-hybridized carbons (Fsp3) is 0.333. The summed E-state index contributed by atoms with van der Waals surface area (Å²) in [6, 6.07) is 17.0. The van der Waals surface area contributed by atoms with Gasteiger partial charge in [-0.05, 0) is 23.3 Å². The Bertz CT molecular complexity index is 525. The summed E-state index contributed by atoms with van der Waals surface area (Å²) in [5.74, 6) is -0.225. The minimum atomic E-state index is -0.225. The largest absolute Gasteiger partial charge is 0.368 e. The molecule has 21 heavy (non-hydrogen) atoms. The van der Waals surface area contributed by atoms with E-state index in [2.05, 4.69) is 19.2 Å². The van der Waals surface area contributed by atoms with Gasteiger partial charge < -0.3 is 10.1 Å². The molecule has 1 unspecified atom stereocenters. The number of benzene rings is 2. The molecule has 0 radical (unpaired) electrons. The Hall–Kier alpha value is -1.71. The van der Waals surface area contributed by atoms with E-state index in [9.17, 15) is 4.39 Å². The fourth-order valence-corrected chi connectivity index (χ4v) is 2.06. The molecule has 1 atom stereocenters. The number of nitrogens with one attached hydrogen (secondary N) is 1. The lowest BCUT2D eigenvalue weighted by Gasteiger charge is -2.20. The summed E-state index contributed by atoms with van der Waals surface area (Å²) in [7, 11) is 0. The van der Waals surface area contributed by atoms with E-state index in [-0.39, 0.29) is 11.9 Å². The summed E-state index contributed by atoms with van der Waals surface area (Å²) in [6.45, 7) is 5.44. The highest BCUT2D eigenvalue weighted by atomic mass is 19.1. The molecule has 0 saturated heterocycles. The van der Waals surface area contributed by atoms with Gasteiger partial charge in [0.1, 0.15) is 5.82 Å². The molecular weight excluding hydrogens is 265 g/mol. The second-order valence-corrected chi connectivity index (χ2v) is 5.40. The van der Waals surface area contributed by atoms with Gasteiger partial charge in [-0.3, -0.25) is 0 Å². The second kappa shape index (κ2) is 7.91. The molecule has 0 heterocycles. The predicted molar refractivity (Wildman–Crippen MR) is 83.5 cm³/mol. The molecule has 2 aromatic rings. The van der Waals surface area contributed by atoms with Crippen LogP contribution in [0.15, 0.2) is 54.6 Å². The van der Waals surface area contributed by atoms with Crippen LogP contribution in [0.5, 0.6) is 0 Å². The van der Waals surface area contributed by atoms with Crippen LogP contribution in [0.3, 0.4) is 0 Å². The fourth-order valence-electron chi connectivity index (χ4n) is 2.06. The third-order valence-corrected chi connectivity index (χ3v) is 3.25. The Morgan fingerprint density at radius 2 is 1.67 bits per heavy atom. The van der Waals surface area contributed by atoms with Gasteiger partial charge in [0.15, 0.2) is 0 Å². The Morgan fingerprint density at radius 3 is 2.29 bits per heavy atom. The summed E-state index contributed by atoms with van der Waals surface area (Å²) in [5, 5.41) is 3.38. The Labute approximate surface area is 126 Å². The average molecular weight is 287 g/mol. The van der Waals surface area contributed by atoms with Crippen molar-refractivity contribution >= 4 is 0 Å². The summed E-state index contributed by atoms with van der Waals surface area (Å²) < 4.78 is 19.1. The maximum Gasteiger partial charge on any atom is 0.123 e. The molecule has 0 fully saturated rings. The first-order chi connectivity index (χ1) is 10.1. The number of hydrogen-bond acceptors (Lipinski definition) is 2. The summed E-state index contributed by atoms with van der Waals surface area (Å²) in [6.07, 6.45) is -0.0896. The van der Waals surface area contributed by atoms with Crippen molar-refractivity contribution in [3.8, 4) is 0 Å². The lowest BCUT2D eigenvalue weighted by atomic mass is 10.1. The Kier molecular flexibility index (Phi) is 5.90. The van der Waals surface area contributed by atoms with Crippen LogP contribution in [0.25, 0.3) is 0 Å². The van der Waals surface area contributed by atoms with Crippen LogP contribution < -0.4 is 5.32 Å². The maximum atomic E-state index is 13.1. The van der Waals surface area contributed by atoms with E-state index < -0.39 is 0 Å². The number of halogens is 1. The molecule has 0 aliphatic carbocycles. The first kappa shape index (κ1) is 15.7. The molecule has 2 rings (SSSR count).